The summed E-state index contributed by atoms with van der Waals surface area (Å²) in [5.41, 5.74) is 1.60. The van der Waals surface area contributed by atoms with Gasteiger partial charge in [0.15, 0.2) is 5.16 Å². The minimum absolute atomic E-state index is 0.0240. The van der Waals surface area contributed by atoms with Crippen molar-refractivity contribution in [1.82, 2.24) is 14.5 Å². The Balaban J connectivity index is 2.21. The molecule has 1 N–H and O–H groups in total. The lowest BCUT2D eigenvalue weighted by atomic mass is 10.1. The van der Waals surface area contributed by atoms with Gasteiger partial charge in [0.2, 0.25) is 0 Å². The number of nitrogens with zero attached hydrogens (tertiary/aromatic N) is 3. The molecule has 1 aromatic heterocycles. The van der Waals surface area contributed by atoms with Crippen molar-refractivity contribution in [3.05, 3.63) is 42.2 Å². The lowest BCUT2D eigenvalue weighted by molar-refractivity contribution is 0.0732. The van der Waals surface area contributed by atoms with E-state index in [1.807, 2.05) is 48.2 Å². The molecule has 1 heterocycles. The largest absolute Gasteiger partial charge is 0.395 e. The van der Waals surface area contributed by atoms with Crippen molar-refractivity contribution < 1.29 is 9.90 Å². The van der Waals surface area contributed by atoms with E-state index in [9.17, 15) is 4.79 Å². The van der Waals surface area contributed by atoms with Crippen molar-refractivity contribution in [3.8, 4) is 5.69 Å². The van der Waals surface area contributed by atoms with Crippen molar-refractivity contribution in [2.75, 3.05) is 26.0 Å². The molecule has 0 saturated carbocycles. The fourth-order valence-corrected chi connectivity index (χ4v) is 2.64. The summed E-state index contributed by atoms with van der Waals surface area (Å²) in [7, 11) is 0. The van der Waals surface area contributed by atoms with Crippen molar-refractivity contribution in [3.63, 3.8) is 0 Å². The van der Waals surface area contributed by atoms with E-state index in [0.29, 0.717) is 18.7 Å². The van der Waals surface area contributed by atoms with E-state index in [1.54, 1.807) is 22.9 Å². The average molecular weight is 305 g/mol. The summed E-state index contributed by atoms with van der Waals surface area (Å²) >= 11 is 1.57. The molecule has 2 rings (SSSR count). The van der Waals surface area contributed by atoms with Crippen LogP contribution in [0.25, 0.3) is 5.69 Å². The summed E-state index contributed by atoms with van der Waals surface area (Å²) in [6, 6.07) is 7.42. The summed E-state index contributed by atoms with van der Waals surface area (Å²) in [6.07, 6.45) is 5.63. The number of hydrogen-bond acceptors (Lipinski definition) is 4. The smallest absolute Gasteiger partial charge is 0.253 e. The number of aliphatic hydroxyl groups excluding tert-OH is 1. The highest BCUT2D eigenvalue weighted by molar-refractivity contribution is 7.98. The van der Waals surface area contributed by atoms with E-state index in [4.69, 9.17) is 5.11 Å². The standard InChI is InChI=1S/C15H19N3O2S/c1-3-17(10-11-19)14(20)12-4-6-13(7-5-12)18-9-8-16-15(18)21-2/h4-9,19H,3,10-11H2,1-2H3. The Bertz CT molecular complexity index is 595. The van der Waals surface area contributed by atoms with Crippen molar-refractivity contribution in [1.29, 1.82) is 0 Å². The van der Waals surface area contributed by atoms with Crippen LogP contribution in [0.1, 0.15) is 17.3 Å². The number of likely N-dealkylation sites (N-methyl/N-ethyl adjacent to an activating group) is 1. The van der Waals surface area contributed by atoms with Gasteiger partial charge in [-0.15, -0.1) is 0 Å². The van der Waals surface area contributed by atoms with Gasteiger partial charge in [-0.1, -0.05) is 11.8 Å². The number of imidazole rings is 1. The summed E-state index contributed by atoms with van der Waals surface area (Å²) in [6.45, 7) is 2.82. The summed E-state index contributed by atoms with van der Waals surface area (Å²) in [5, 5.41) is 9.89. The molecule has 0 spiro atoms. The highest BCUT2D eigenvalue weighted by atomic mass is 32.2. The normalized spacial score (nSPS) is 10.6. The number of thioether (sulfide) groups is 1. The zero-order valence-corrected chi connectivity index (χ0v) is 13.0. The second-order valence-electron chi connectivity index (χ2n) is 4.44. The van der Waals surface area contributed by atoms with Gasteiger partial charge in [0, 0.05) is 36.7 Å². The maximum absolute atomic E-state index is 12.3. The number of benzene rings is 1. The first-order valence-corrected chi connectivity index (χ1v) is 8.01. The van der Waals surface area contributed by atoms with Crippen molar-refractivity contribution >= 4 is 17.7 Å². The summed E-state index contributed by atoms with van der Waals surface area (Å²) < 4.78 is 1.98. The number of aliphatic hydroxyl groups is 1. The Morgan fingerprint density at radius 2 is 2.10 bits per heavy atom. The first-order valence-electron chi connectivity index (χ1n) is 6.79. The number of amides is 1. The molecule has 1 amide bonds. The van der Waals surface area contributed by atoms with Gasteiger partial charge in [-0.3, -0.25) is 9.36 Å². The third-order valence-electron chi connectivity index (χ3n) is 3.22. The van der Waals surface area contributed by atoms with Crippen LogP contribution in [-0.4, -0.2) is 51.4 Å². The molecule has 112 valence electrons. The molecule has 0 bridgehead atoms. The molecule has 0 aliphatic rings. The highest BCUT2D eigenvalue weighted by Crippen LogP contribution is 2.18. The second-order valence-corrected chi connectivity index (χ2v) is 5.21. The minimum Gasteiger partial charge on any atom is -0.395 e. The molecule has 0 atom stereocenters. The molecule has 0 aliphatic heterocycles. The van der Waals surface area contributed by atoms with Crippen LogP contribution < -0.4 is 0 Å². The van der Waals surface area contributed by atoms with Crippen LogP contribution >= 0.6 is 11.8 Å². The van der Waals surface area contributed by atoms with E-state index in [0.717, 1.165) is 10.8 Å². The number of carbonyl (C=O) groups is 1. The molecule has 0 saturated heterocycles. The van der Waals surface area contributed by atoms with Crippen LogP contribution in [0.15, 0.2) is 41.8 Å². The monoisotopic (exact) mass is 305 g/mol. The lowest BCUT2D eigenvalue weighted by Gasteiger charge is -2.19. The van der Waals surface area contributed by atoms with Crippen molar-refractivity contribution in [2.24, 2.45) is 0 Å². The quantitative estimate of drug-likeness (QED) is 0.830. The van der Waals surface area contributed by atoms with Gasteiger partial charge in [-0.05, 0) is 37.4 Å². The number of aromatic nitrogens is 2. The Morgan fingerprint density at radius 3 is 2.67 bits per heavy atom. The Kier molecular flexibility index (Phi) is 5.41. The minimum atomic E-state index is -0.0613. The predicted molar refractivity (Wildman–Crippen MR) is 84.0 cm³/mol. The Labute approximate surface area is 128 Å². The van der Waals surface area contributed by atoms with E-state index < -0.39 is 0 Å². The first-order chi connectivity index (χ1) is 10.2. The van der Waals surface area contributed by atoms with Crippen LogP contribution in [0.4, 0.5) is 0 Å². The third-order valence-corrected chi connectivity index (χ3v) is 3.89. The molecule has 5 nitrogen and oxygen atoms in total. The number of carbonyl (C=O) groups excluding carboxylic acids is 1. The fourth-order valence-electron chi connectivity index (χ4n) is 2.11. The van der Waals surface area contributed by atoms with Crippen LogP contribution in [0.5, 0.6) is 0 Å². The van der Waals surface area contributed by atoms with E-state index in [-0.39, 0.29) is 12.5 Å². The molecule has 0 radical (unpaired) electrons. The van der Waals surface area contributed by atoms with Gasteiger partial charge in [0.25, 0.3) is 5.91 Å². The highest BCUT2D eigenvalue weighted by Gasteiger charge is 2.13. The Hall–Kier alpha value is -1.79. The van der Waals surface area contributed by atoms with Crippen LogP contribution in [0.3, 0.4) is 0 Å². The van der Waals surface area contributed by atoms with E-state index in [1.165, 1.54) is 0 Å². The fraction of sp³-hybridized carbons (Fsp3) is 0.333. The Morgan fingerprint density at radius 1 is 1.38 bits per heavy atom. The van der Waals surface area contributed by atoms with Crippen molar-refractivity contribution in [2.45, 2.75) is 12.1 Å². The van der Waals surface area contributed by atoms with Gasteiger partial charge >= 0.3 is 0 Å². The van der Waals surface area contributed by atoms with Gasteiger partial charge in [-0.2, -0.15) is 0 Å². The van der Waals surface area contributed by atoms with Crippen LogP contribution in [0.2, 0.25) is 0 Å². The molecule has 2 aromatic rings. The molecule has 0 unspecified atom stereocenters. The zero-order valence-electron chi connectivity index (χ0n) is 12.2. The maximum Gasteiger partial charge on any atom is 0.253 e. The topological polar surface area (TPSA) is 58.4 Å². The molecule has 6 heteroatoms. The third kappa shape index (κ3) is 3.46. The number of hydrogen-bond donors (Lipinski definition) is 1. The lowest BCUT2D eigenvalue weighted by Crippen LogP contribution is -2.33. The predicted octanol–water partition coefficient (Wildman–Crippen LogP) is 2.05. The molecular weight excluding hydrogens is 286 g/mol. The number of rotatable bonds is 6. The van der Waals surface area contributed by atoms with Gasteiger partial charge in [0.1, 0.15) is 0 Å². The van der Waals surface area contributed by atoms with Gasteiger partial charge in [0.05, 0.1) is 6.61 Å². The van der Waals surface area contributed by atoms with Crippen LogP contribution in [0, 0.1) is 0 Å². The summed E-state index contributed by atoms with van der Waals surface area (Å²) in [4.78, 5) is 18.2. The van der Waals surface area contributed by atoms with E-state index in [2.05, 4.69) is 4.98 Å². The first kappa shape index (κ1) is 15.6. The van der Waals surface area contributed by atoms with Gasteiger partial charge in [-0.25, -0.2) is 4.98 Å². The molecule has 1 aromatic carbocycles. The molecular formula is C15H19N3O2S. The van der Waals surface area contributed by atoms with Gasteiger partial charge < -0.3 is 10.0 Å². The summed E-state index contributed by atoms with van der Waals surface area (Å²) in [5.74, 6) is -0.0613. The SMILES string of the molecule is CCN(CCO)C(=O)c1ccc(-n2ccnc2SC)cc1. The molecule has 0 aliphatic carbocycles. The average Bonchev–Trinajstić information content (AvgIpc) is 3.00. The van der Waals surface area contributed by atoms with E-state index >= 15 is 0 Å². The molecule has 0 fully saturated rings. The second kappa shape index (κ2) is 7.28. The molecule has 21 heavy (non-hydrogen) atoms. The maximum atomic E-state index is 12.3. The van der Waals surface area contributed by atoms with Crippen LogP contribution in [-0.2, 0) is 0 Å². The zero-order chi connectivity index (χ0) is 15.2.